The molecule has 76 valence electrons. The monoisotopic (exact) mass is 222 g/mol. The molecule has 1 saturated carbocycles. The maximum atomic E-state index is 6.27. The fourth-order valence-corrected chi connectivity index (χ4v) is 3.49. The molecule has 3 fully saturated rings. The van der Waals surface area contributed by atoms with Gasteiger partial charge in [0.15, 0.2) is 0 Å². The number of hydrogen-bond donors (Lipinski definition) is 0. The summed E-state index contributed by atoms with van der Waals surface area (Å²) < 4.78 is 6.02. The molecular formula is C10H16Cl2O. The minimum atomic E-state index is -0.332. The van der Waals surface area contributed by atoms with Crippen LogP contribution in [0.5, 0.6) is 0 Å². The van der Waals surface area contributed by atoms with Crippen molar-refractivity contribution >= 4 is 23.2 Å². The van der Waals surface area contributed by atoms with E-state index in [1.54, 1.807) is 0 Å². The van der Waals surface area contributed by atoms with Crippen molar-refractivity contribution in [2.75, 3.05) is 0 Å². The van der Waals surface area contributed by atoms with Gasteiger partial charge < -0.3 is 4.74 Å². The van der Waals surface area contributed by atoms with Crippen molar-refractivity contribution in [3.8, 4) is 0 Å². The van der Waals surface area contributed by atoms with Gasteiger partial charge in [0.1, 0.15) is 0 Å². The summed E-state index contributed by atoms with van der Waals surface area (Å²) in [6, 6.07) is 0. The normalized spacial score (nSPS) is 53.8. The highest BCUT2D eigenvalue weighted by Gasteiger charge is 2.57. The molecule has 2 saturated heterocycles. The van der Waals surface area contributed by atoms with Crippen LogP contribution in [-0.4, -0.2) is 22.0 Å². The second kappa shape index (κ2) is 2.77. The Morgan fingerprint density at radius 2 is 1.54 bits per heavy atom. The number of alkyl halides is 2. The fourth-order valence-electron chi connectivity index (χ4n) is 2.61. The summed E-state index contributed by atoms with van der Waals surface area (Å²) in [4.78, 5) is 0. The molecule has 3 unspecified atom stereocenters. The molecule has 13 heavy (non-hydrogen) atoms. The largest absolute Gasteiger partial charge is 0.366 e. The quantitative estimate of drug-likeness (QED) is 0.573. The van der Waals surface area contributed by atoms with Gasteiger partial charge in [-0.25, -0.2) is 0 Å². The molecule has 0 aromatic rings. The van der Waals surface area contributed by atoms with E-state index in [9.17, 15) is 0 Å². The van der Waals surface area contributed by atoms with Gasteiger partial charge >= 0.3 is 0 Å². The van der Waals surface area contributed by atoms with Crippen LogP contribution in [-0.2, 0) is 4.74 Å². The Morgan fingerprint density at radius 3 is 1.92 bits per heavy atom. The van der Waals surface area contributed by atoms with Gasteiger partial charge in [-0.05, 0) is 39.5 Å². The van der Waals surface area contributed by atoms with E-state index in [4.69, 9.17) is 27.9 Å². The first kappa shape index (κ1) is 10.1. The number of hydrogen-bond acceptors (Lipinski definition) is 1. The van der Waals surface area contributed by atoms with Crippen LogP contribution in [0.2, 0.25) is 0 Å². The van der Waals surface area contributed by atoms with E-state index in [0.717, 1.165) is 12.8 Å². The number of fused-ring (bicyclic) bond motifs is 3. The topological polar surface area (TPSA) is 9.23 Å². The molecule has 2 heterocycles. The zero-order chi connectivity index (χ0) is 9.85. The highest BCUT2D eigenvalue weighted by Crippen LogP contribution is 2.53. The standard InChI is InChI=1S/C10H16Cl2O/c1-9(2)6-4-7(11)10(3,13-9)8(12)5-6/h6-8H,4-5H2,1-3H3/t6?,7-,8?,10?/m0/s1. The van der Waals surface area contributed by atoms with Crippen LogP contribution in [0, 0.1) is 5.92 Å². The predicted molar refractivity (Wildman–Crippen MR) is 55.6 cm³/mol. The van der Waals surface area contributed by atoms with E-state index in [2.05, 4.69) is 13.8 Å². The smallest absolute Gasteiger partial charge is 0.0987 e. The van der Waals surface area contributed by atoms with Crippen LogP contribution in [0.3, 0.4) is 0 Å². The molecule has 1 nitrogen and oxygen atoms in total. The molecule has 0 aromatic heterocycles. The zero-order valence-corrected chi connectivity index (χ0v) is 9.82. The van der Waals surface area contributed by atoms with E-state index in [1.165, 1.54) is 0 Å². The van der Waals surface area contributed by atoms with Crippen LogP contribution in [0.25, 0.3) is 0 Å². The first-order chi connectivity index (χ1) is 5.86. The number of rotatable bonds is 0. The summed E-state index contributed by atoms with van der Waals surface area (Å²) in [7, 11) is 0. The molecule has 0 radical (unpaired) electrons. The van der Waals surface area contributed by atoms with Crippen LogP contribution in [0.1, 0.15) is 33.6 Å². The van der Waals surface area contributed by atoms with Gasteiger partial charge in [0.25, 0.3) is 0 Å². The average Bonchev–Trinajstić information content (AvgIpc) is 1.96. The van der Waals surface area contributed by atoms with Gasteiger partial charge in [0, 0.05) is 0 Å². The Kier molecular flexibility index (Phi) is 2.15. The Balaban J connectivity index is 2.32. The summed E-state index contributed by atoms with van der Waals surface area (Å²) in [6.07, 6.45) is 2.07. The fraction of sp³-hybridized carbons (Fsp3) is 1.00. The number of ether oxygens (including phenoxy) is 1. The molecule has 0 aromatic carbocycles. The predicted octanol–water partition coefficient (Wildman–Crippen LogP) is 3.18. The van der Waals surface area contributed by atoms with Crippen molar-refractivity contribution in [1.82, 2.24) is 0 Å². The lowest BCUT2D eigenvalue weighted by Crippen LogP contribution is -2.64. The van der Waals surface area contributed by atoms with Crippen LogP contribution in [0.15, 0.2) is 0 Å². The second-order valence-corrected chi connectivity index (χ2v) is 6.05. The lowest BCUT2D eigenvalue weighted by molar-refractivity contribution is -0.224. The Labute approximate surface area is 89.7 Å². The molecule has 3 heteroatoms. The van der Waals surface area contributed by atoms with Crippen LogP contribution in [0.4, 0.5) is 0 Å². The molecule has 3 aliphatic rings. The third-order valence-electron chi connectivity index (χ3n) is 3.69. The lowest BCUT2D eigenvalue weighted by Gasteiger charge is -2.58. The zero-order valence-electron chi connectivity index (χ0n) is 8.31. The summed E-state index contributed by atoms with van der Waals surface area (Å²) in [5.74, 6) is 0.513. The third kappa shape index (κ3) is 1.32. The van der Waals surface area contributed by atoms with E-state index < -0.39 is 0 Å². The summed E-state index contributed by atoms with van der Waals surface area (Å²) in [6.45, 7) is 6.32. The van der Waals surface area contributed by atoms with E-state index in [1.807, 2.05) is 6.92 Å². The van der Waals surface area contributed by atoms with Crippen LogP contribution < -0.4 is 0 Å². The van der Waals surface area contributed by atoms with Crippen molar-refractivity contribution in [3.63, 3.8) is 0 Å². The van der Waals surface area contributed by atoms with Gasteiger partial charge in [0.05, 0.1) is 22.0 Å². The summed E-state index contributed by atoms with van der Waals surface area (Å²) >= 11 is 12.5. The van der Waals surface area contributed by atoms with Gasteiger partial charge in [-0.3, -0.25) is 0 Å². The minimum absolute atomic E-state index is 0.0501. The van der Waals surface area contributed by atoms with Crippen molar-refractivity contribution in [2.24, 2.45) is 5.92 Å². The Morgan fingerprint density at radius 1 is 1.08 bits per heavy atom. The highest BCUT2D eigenvalue weighted by atomic mass is 35.5. The Bertz CT molecular complexity index is 215. The molecule has 3 rings (SSSR count). The second-order valence-electron chi connectivity index (χ2n) is 4.99. The van der Waals surface area contributed by atoms with Gasteiger partial charge in [0.2, 0.25) is 0 Å². The average molecular weight is 223 g/mol. The first-order valence-electron chi connectivity index (χ1n) is 4.84. The van der Waals surface area contributed by atoms with Crippen LogP contribution >= 0.6 is 23.2 Å². The highest BCUT2D eigenvalue weighted by molar-refractivity contribution is 6.25. The van der Waals surface area contributed by atoms with Crippen molar-refractivity contribution in [3.05, 3.63) is 0 Å². The van der Waals surface area contributed by atoms with Gasteiger partial charge in [-0.15, -0.1) is 23.2 Å². The molecule has 2 bridgehead atoms. The molecule has 0 N–H and O–H groups in total. The van der Waals surface area contributed by atoms with Crippen molar-refractivity contribution in [2.45, 2.75) is 55.6 Å². The van der Waals surface area contributed by atoms with Gasteiger partial charge in [-0.2, -0.15) is 0 Å². The SMILES string of the molecule is CC1(C)OC2(C)C(Cl)CC1C[C@@H]2Cl. The van der Waals surface area contributed by atoms with E-state index in [-0.39, 0.29) is 22.0 Å². The molecule has 0 spiro atoms. The molecule has 2 aliphatic heterocycles. The van der Waals surface area contributed by atoms with Crippen molar-refractivity contribution < 1.29 is 4.74 Å². The Hall–Kier alpha value is 0.540. The maximum Gasteiger partial charge on any atom is 0.0987 e. The first-order valence-corrected chi connectivity index (χ1v) is 5.72. The number of halogens is 2. The molecule has 0 amide bonds. The molecular weight excluding hydrogens is 207 g/mol. The van der Waals surface area contributed by atoms with E-state index >= 15 is 0 Å². The lowest BCUT2D eigenvalue weighted by atomic mass is 9.68. The summed E-state index contributed by atoms with van der Waals surface area (Å²) in [5, 5.41) is 0.142. The summed E-state index contributed by atoms with van der Waals surface area (Å²) in [5.41, 5.74) is -0.382. The molecule has 1 aliphatic carbocycles. The third-order valence-corrected chi connectivity index (χ3v) is 4.92. The van der Waals surface area contributed by atoms with Gasteiger partial charge in [-0.1, -0.05) is 0 Å². The van der Waals surface area contributed by atoms with Crippen molar-refractivity contribution in [1.29, 1.82) is 0 Å². The minimum Gasteiger partial charge on any atom is -0.366 e. The van der Waals surface area contributed by atoms with E-state index in [0.29, 0.717) is 5.92 Å². The maximum absolute atomic E-state index is 6.27. The molecule has 4 atom stereocenters.